The number of rotatable bonds is 7. The summed E-state index contributed by atoms with van der Waals surface area (Å²) in [5.41, 5.74) is 29.1. The third-order valence-corrected chi connectivity index (χ3v) is 13.0. The SMILES string of the molecule is C#CC#CC#C[PH+](C#CC#CC#C)c1ccc2ccccc2c1C(=S)c1c([PH+](C#CC#CC#C)C#CC#CC#C)ccc2ccccc12.NC(c1ccccc1)C(N)c1ccccc1.[Cl][Ru+2][Cl]. The fourth-order valence-electron chi connectivity index (χ4n) is 6.32. The Hall–Kier alpha value is -7.37. The van der Waals surface area contributed by atoms with Gasteiger partial charge in [-0.15, -0.1) is 25.7 Å². The molecule has 2 nitrogen and oxygen atoms in total. The van der Waals surface area contributed by atoms with E-state index in [0.717, 1.165) is 54.4 Å². The van der Waals surface area contributed by atoms with Gasteiger partial charge in [0, 0.05) is 70.6 Å². The molecule has 8 heteroatoms. The zero-order valence-corrected chi connectivity index (χ0v) is 41.4. The van der Waals surface area contributed by atoms with E-state index < -0.39 is 15.8 Å². The normalized spacial score (nSPS) is 9.64. The van der Waals surface area contributed by atoms with Crippen molar-refractivity contribution in [1.29, 1.82) is 0 Å². The van der Waals surface area contributed by atoms with Crippen molar-refractivity contribution in [3.8, 4) is 143 Å². The number of halogens is 2. The van der Waals surface area contributed by atoms with Crippen LogP contribution in [0.4, 0.5) is 0 Å². The van der Waals surface area contributed by atoms with Crippen LogP contribution in [0.15, 0.2) is 133 Å². The minimum atomic E-state index is -1.95. The Bertz CT molecular complexity index is 3150. The number of thiocarbonyl (C=S) groups is 1. The average molecular weight is 1040 g/mol. The number of hydrogen-bond acceptors (Lipinski definition) is 3. The zero-order valence-electron chi connectivity index (χ0n) is 35.3. The van der Waals surface area contributed by atoms with Gasteiger partial charge in [0.15, 0.2) is 15.8 Å². The van der Waals surface area contributed by atoms with Crippen LogP contribution in [0.2, 0.25) is 0 Å². The maximum atomic E-state index is 6.49. The number of nitrogens with two attached hydrogens (primary N) is 2. The molecule has 0 amide bonds. The molecule has 6 rings (SSSR count). The summed E-state index contributed by atoms with van der Waals surface area (Å²) in [5, 5.41) is 5.64. The second-order valence-electron chi connectivity index (χ2n) is 13.0. The molecule has 0 saturated heterocycles. The Balaban J connectivity index is 0.000000427. The van der Waals surface area contributed by atoms with Gasteiger partial charge in [-0.05, 0) is 92.2 Å². The summed E-state index contributed by atoms with van der Waals surface area (Å²) in [6.07, 6.45) is 21.3. The van der Waals surface area contributed by atoms with E-state index in [4.69, 9.17) is 68.8 Å². The summed E-state index contributed by atoms with van der Waals surface area (Å²) >= 11 is 6.15. The zero-order chi connectivity index (χ0) is 48.1. The number of hydrogen-bond donors (Lipinski definition) is 2. The summed E-state index contributed by atoms with van der Waals surface area (Å²) in [6.45, 7) is 0. The molecule has 2 atom stereocenters. The van der Waals surface area contributed by atoms with Gasteiger partial charge in [-0.1, -0.05) is 134 Å². The van der Waals surface area contributed by atoms with Crippen molar-refractivity contribution in [3.63, 3.8) is 0 Å². The van der Waals surface area contributed by atoms with Gasteiger partial charge in [0.05, 0.1) is 4.86 Å². The first kappa shape index (κ1) is 52.3. The van der Waals surface area contributed by atoms with Crippen molar-refractivity contribution in [3.05, 3.63) is 156 Å². The van der Waals surface area contributed by atoms with Crippen LogP contribution in [0, 0.1) is 143 Å². The fraction of sp³-hybridized carbons (Fsp3) is 0.0339. The molecule has 314 valence electrons. The molecule has 0 aromatic heterocycles. The van der Waals surface area contributed by atoms with Crippen LogP contribution in [0.5, 0.6) is 0 Å². The van der Waals surface area contributed by atoms with Crippen molar-refractivity contribution in [2.45, 2.75) is 12.1 Å². The van der Waals surface area contributed by atoms with Crippen LogP contribution in [0.1, 0.15) is 34.3 Å². The molecule has 0 heterocycles. The van der Waals surface area contributed by atoms with Crippen LogP contribution in [0.25, 0.3) is 21.5 Å². The molecule has 2 unspecified atom stereocenters. The molecule has 0 saturated carbocycles. The summed E-state index contributed by atoms with van der Waals surface area (Å²) < 4.78 is 0. The number of fused-ring (bicyclic) bond motifs is 2. The topological polar surface area (TPSA) is 52.0 Å². The van der Waals surface area contributed by atoms with Gasteiger partial charge in [-0.3, -0.25) is 0 Å². The van der Waals surface area contributed by atoms with E-state index in [9.17, 15) is 0 Å². The van der Waals surface area contributed by atoms with E-state index in [2.05, 4.69) is 117 Å². The molecule has 0 spiro atoms. The van der Waals surface area contributed by atoms with E-state index in [1.807, 2.05) is 133 Å². The van der Waals surface area contributed by atoms with Crippen molar-refractivity contribution in [2.24, 2.45) is 11.5 Å². The van der Waals surface area contributed by atoms with Crippen LogP contribution in [0.3, 0.4) is 0 Å². The Morgan fingerprint density at radius 3 is 1.04 bits per heavy atom. The second kappa shape index (κ2) is 30.0. The molecule has 6 aromatic carbocycles. The molecule has 0 aliphatic carbocycles. The van der Waals surface area contributed by atoms with E-state index in [0.29, 0.717) is 4.86 Å². The quantitative estimate of drug-likeness (QED) is 0.0551. The molecule has 0 aliphatic heterocycles. The monoisotopic (exact) mass is 1040 g/mol. The molecule has 0 fully saturated rings. The van der Waals surface area contributed by atoms with Gasteiger partial charge >= 0.3 is 34.5 Å². The summed E-state index contributed by atoms with van der Waals surface area (Å²) in [6, 6.07) is 43.8. The van der Waals surface area contributed by atoms with E-state index in [1.165, 1.54) is 0 Å². The summed E-state index contributed by atoms with van der Waals surface area (Å²) in [7, 11) is 5.80. The van der Waals surface area contributed by atoms with Gasteiger partial charge in [-0.2, -0.15) is 0 Å². The first-order valence-corrected chi connectivity index (χ1v) is 27.4. The minimum absolute atomic E-state index is 0.163. The molecule has 0 radical (unpaired) electrons. The summed E-state index contributed by atoms with van der Waals surface area (Å²) in [4.78, 5) is 0.597. The Morgan fingerprint density at radius 2 is 0.731 bits per heavy atom. The Kier molecular flexibility index (Phi) is 23.4. The summed E-state index contributed by atoms with van der Waals surface area (Å²) in [5.74, 6) is 41.6. The van der Waals surface area contributed by atoms with Gasteiger partial charge in [-0.25, -0.2) is 0 Å². The first-order chi connectivity index (χ1) is 32.8. The Morgan fingerprint density at radius 1 is 0.433 bits per heavy atom. The molecular formula is C59H34Cl2N2P2RuS+4. The molecular weight excluding hydrogens is 1000 g/mol. The van der Waals surface area contributed by atoms with E-state index in [1.54, 1.807) is 0 Å². The van der Waals surface area contributed by atoms with Crippen molar-refractivity contribution < 1.29 is 15.1 Å². The van der Waals surface area contributed by atoms with Gasteiger partial charge in [0.25, 0.3) is 0 Å². The molecule has 0 aliphatic rings. The molecule has 0 bridgehead atoms. The molecule has 4 N–H and O–H groups in total. The van der Waals surface area contributed by atoms with Gasteiger partial charge in [0.1, 0.15) is 33.3 Å². The van der Waals surface area contributed by atoms with Crippen molar-refractivity contribution in [1.82, 2.24) is 0 Å². The van der Waals surface area contributed by atoms with Crippen LogP contribution < -0.4 is 22.1 Å². The van der Waals surface area contributed by atoms with Gasteiger partial charge in [0.2, 0.25) is 0 Å². The van der Waals surface area contributed by atoms with E-state index >= 15 is 0 Å². The Labute approximate surface area is 418 Å². The average Bonchev–Trinajstić information content (AvgIpc) is 3.37. The van der Waals surface area contributed by atoms with Crippen molar-refractivity contribution >= 4 is 84.5 Å². The van der Waals surface area contributed by atoms with Crippen LogP contribution in [-0.2, 0) is 15.1 Å². The predicted octanol–water partition coefficient (Wildman–Crippen LogP) is 9.59. The number of terminal acetylenes is 4. The maximum absolute atomic E-state index is 6.49. The van der Waals surface area contributed by atoms with Crippen molar-refractivity contribution in [2.75, 3.05) is 0 Å². The van der Waals surface area contributed by atoms with E-state index in [-0.39, 0.29) is 27.2 Å². The van der Waals surface area contributed by atoms with Gasteiger partial charge < -0.3 is 11.5 Å². The van der Waals surface area contributed by atoms with Crippen LogP contribution >= 0.6 is 47.4 Å². The molecule has 6 aromatic rings. The first-order valence-electron chi connectivity index (χ1n) is 19.5. The number of benzene rings is 6. The molecule has 67 heavy (non-hydrogen) atoms. The second-order valence-corrected chi connectivity index (χ2v) is 19.6. The van der Waals surface area contributed by atoms with Crippen LogP contribution in [-0.4, -0.2) is 4.86 Å². The third-order valence-electron chi connectivity index (χ3n) is 9.15. The fourth-order valence-corrected chi connectivity index (χ4v) is 9.87. The third kappa shape index (κ3) is 15.9. The predicted molar refractivity (Wildman–Crippen MR) is 291 cm³/mol. The standard InChI is InChI=1S/C45H16P2S.C14H16N2.2ClH.Ru/c1-5-9-13-21-33-46(34-22-14-10-6-2)41-31-29-37-25-17-19-27-39(37)43(41)45(48)44-40-28-20-18-26-38(40)30-32-42(44)47(35-23-15-11-7-3)36-24-16-12-8-4;15-13(11-7-3-1-4-8-11)14(16)12-9-5-2-6-10-12;;;/h1-4,17-20,25-32H;1-10,13-14H,15-16H2;2*1H;/q;;;;+4.